The predicted octanol–water partition coefficient (Wildman–Crippen LogP) is 1.03. The summed E-state index contributed by atoms with van der Waals surface area (Å²) in [7, 11) is 0. The van der Waals surface area contributed by atoms with E-state index in [0.29, 0.717) is 6.42 Å². The summed E-state index contributed by atoms with van der Waals surface area (Å²) in [5.41, 5.74) is 0. The van der Waals surface area contributed by atoms with E-state index in [-0.39, 0.29) is 11.9 Å². The molecule has 0 aromatic carbocycles. The molecule has 0 aromatic heterocycles. The highest BCUT2D eigenvalue weighted by Crippen LogP contribution is 1.95. The Kier molecular flexibility index (Phi) is 4.64. The van der Waals surface area contributed by atoms with Gasteiger partial charge in [-0.2, -0.15) is 5.26 Å². The third kappa shape index (κ3) is 4.63. The van der Waals surface area contributed by atoms with Gasteiger partial charge >= 0.3 is 0 Å². The average molecular weight is 175 g/mol. The fourth-order valence-corrected chi connectivity index (χ4v) is 0.609. The molecule has 0 aliphatic rings. The average Bonchev–Trinajstić information content (AvgIpc) is 1.87. The number of carbonyl (C=O) groups excluding carboxylic acids is 1. The van der Waals surface area contributed by atoms with E-state index in [4.69, 9.17) is 16.9 Å². The van der Waals surface area contributed by atoms with E-state index in [1.807, 2.05) is 6.07 Å². The van der Waals surface area contributed by atoms with Gasteiger partial charge in [-0.15, -0.1) is 11.6 Å². The third-order valence-electron chi connectivity index (χ3n) is 1.15. The zero-order valence-corrected chi connectivity index (χ0v) is 7.35. The molecule has 0 aliphatic carbocycles. The van der Waals surface area contributed by atoms with Crippen molar-refractivity contribution in [3.63, 3.8) is 0 Å². The number of amides is 1. The minimum Gasteiger partial charge on any atom is -0.351 e. The Morgan fingerprint density at radius 3 is 2.64 bits per heavy atom. The van der Waals surface area contributed by atoms with Gasteiger partial charge in [0.1, 0.15) is 5.38 Å². The lowest BCUT2D eigenvalue weighted by molar-refractivity contribution is -0.121. The Balaban J connectivity index is 3.68. The first kappa shape index (κ1) is 10.2. The number of nitrogens with one attached hydrogen (secondary N) is 1. The molecule has 1 N–H and O–H groups in total. The Morgan fingerprint density at radius 2 is 2.27 bits per heavy atom. The topological polar surface area (TPSA) is 52.9 Å². The van der Waals surface area contributed by atoms with E-state index in [0.717, 1.165) is 0 Å². The van der Waals surface area contributed by atoms with Crippen LogP contribution in [0.4, 0.5) is 0 Å². The quantitative estimate of drug-likeness (QED) is 0.650. The maximum absolute atomic E-state index is 10.9. The summed E-state index contributed by atoms with van der Waals surface area (Å²) in [6.45, 7) is 3.36. The molecule has 0 bridgehead atoms. The van der Waals surface area contributed by atoms with E-state index in [2.05, 4.69) is 5.32 Å². The highest BCUT2D eigenvalue weighted by molar-refractivity contribution is 6.30. The van der Waals surface area contributed by atoms with Crippen LogP contribution in [0.3, 0.4) is 0 Å². The van der Waals surface area contributed by atoms with Crippen molar-refractivity contribution in [1.82, 2.24) is 5.32 Å². The second kappa shape index (κ2) is 4.97. The van der Waals surface area contributed by atoms with Crippen LogP contribution in [0.15, 0.2) is 0 Å². The minimum absolute atomic E-state index is 0.117. The van der Waals surface area contributed by atoms with Crippen molar-refractivity contribution in [1.29, 1.82) is 5.26 Å². The van der Waals surface area contributed by atoms with Crippen LogP contribution in [0.25, 0.3) is 0 Å². The van der Waals surface area contributed by atoms with E-state index in [1.54, 1.807) is 13.8 Å². The standard InChI is InChI=1S/C7H11ClN2O/c1-5(3-4-9)10-7(11)6(2)8/h5-6H,3H2,1-2H3,(H,10,11). The molecule has 0 spiro atoms. The van der Waals surface area contributed by atoms with Gasteiger partial charge in [0.05, 0.1) is 12.5 Å². The van der Waals surface area contributed by atoms with Gasteiger partial charge in [0.15, 0.2) is 0 Å². The van der Waals surface area contributed by atoms with Crippen molar-refractivity contribution in [3.8, 4) is 6.07 Å². The number of hydrogen-bond donors (Lipinski definition) is 1. The Morgan fingerprint density at radius 1 is 1.73 bits per heavy atom. The van der Waals surface area contributed by atoms with Crippen molar-refractivity contribution < 1.29 is 4.79 Å². The molecule has 1 amide bonds. The van der Waals surface area contributed by atoms with Crippen LogP contribution in [0.5, 0.6) is 0 Å². The second-order valence-electron chi connectivity index (χ2n) is 2.39. The van der Waals surface area contributed by atoms with Gasteiger partial charge in [-0.25, -0.2) is 0 Å². The first-order chi connectivity index (χ1) is 5.07. The molecule has 0 fully saturated rings. The largest absolute Gasteiger partial charge is 0.351 e. The maximum Gasteiger partial charge on any atom is 0.238 e. The smallest absolute Gasteiger partial charge is 0.238 e. The lowest BCUT2D eigenvalue weighted by Gasteiger charge is -2.10. The number of nitriles is 1. The molecule has 0 aromatic rings. The van der Waals surface area contributed by atoms with Gasteiger partial charge in [0.25, 0.3) is 0 Å². The van der Waals surface area contributed by atoms with Crippen molar-refractivity contribution >= 4 is 17.5 Å². The minimum atomic E-state index is -0.531. The highest BCUT2D eigenvalue weighted by Gasteiger charge is 2.11. The van der Waals surface area contributed by atoms with Gasteiger partial charge in [-0.3, -0.25) is 4.79 Å². The first-order valence-corrected chi connectivity index (χ1v) is 3.83. The van der Waals surface area contributed by atoms with Crippen molar-refractivity contribution in [2.24, 2.45) is 0 Å². The molecule has 0 radical (unpaired) electrons. The summed E-state index contributed by atoms with van der Waals surface area (Å²) in [5.74, 6) is -0.227. The summed E-state index contributed by atoms with van der Waals surface area (Å²) < 4.78 is 0. The summed E-state index contributed by atoms with van der Waals surface area (Å²) >= 11 is 5.48. The molecule has 3 nitrogen and oxygen atoms in total. The zero-order valence-electron chi connectivity index (χ0n) is 6.60. The predicted molar refractivity (Wildman–Crippen MR) is 43.1 cm³/mol. The zero-order chi connectivity index (χ0) is 8.85. The highest BCUT2D eigenvalue weighted by atomic mass is 35.5. The van der Waals surface area contributed by atoms with Crippen LogP contribution in [0.1, 0.15) is 20.3 Å². The lowest BCUT2D eigenvalue weighted by Crippen LogP contribution is -2.36. The molecule has 0 rings (SSSR count). The van der Waals surface area contributed by atoms with Gasteiger partial charge < -0.3 is 5.32 Å². The molecular formula is C7H11ClN2O. The molecule has 11 heavy (non-hydrogen) atoms. The molecule has 2 unspecified atom stereocenters. The molecule has 0 heterocycles. The number of hydrogen-bond acceptors (Lipinski definition) is 2. The van der Waals surface area contributed by atoms with E-state index in [9.17, 15) is 4.79 Å². The van der Waals surface area contributed by atoms with Crippen LogP contribution in [-0.4, -0.2) is 17.3 Å². The fourth-order valence-electron chi connectivity index (χ4n) is 0.546. The van der Waals surface area contributed by atoms with Crippen LogP contribution < -0.4 is 5.32 Å². The number of halogens is 1. The van der Waals surface area contributed by atoms with Crippen LogP contribution in [0, 0.1) is 11.3 Å². The van der Waals surface area contributed by atoms with Gasteiger partial charge in [0, 0.05) is 6.04 Å². The molecule has 62 valence electrons. The summed E-state index contributed by atoms with van der Waals surface area (Å²) in [5, 5.41) is 10.3. The van der Waals surface area contributed by atoms with E-state index >= 15 is 0 Å². The summed E-state index contributed by atoms with van der Waals surface area (Å²) in [4.78, 5) is 10.9. The number of rotatable bonds is 3. The summed E-state index contributed by atoms with van der Waals surface area (Å²) in [6.07, 6.45) is 0.315. The Labute approximate surface area is 71.3 Å². The van der Waals surface area contributed by atoms with Crippen molar-refractivity contribution in [2.45, 2.75) is 31.7 Å². The van der Waals surface area contributed by atoms with Gasteiger partial charge in [-0.05, 0) is 13.8 Å². The number of alkyl halides is 1. The first-order valence-electron chi connectivity index (χ1n) is 3.39. The van der Waals surface area contributed by atoms with Crippen molar-refractivity contribution in [2.75, 3.05) is 0 Å². The Bertz CT molecular complexity index is 174. The van der Waals surface area contributed by atoms with E-state index in [1.165, 1.54) is 0 Å². The number of nitrogens with zero attached hydrogens (tertiary/aromatic N) is 1. The normalized spacial score (nSPS) is 14.7. The molecule has 2 atom stereocenters. The van der Waals surface area contributed by atoms with Crippen molar-refractivity contribution in [3.05, 3.63) is 0 Å². The fraction of sp³-hybridized carbons (Fsp3) is 0.714. The maximum atomic E-state index is 10.9. The van der Waals surface area contributed by atoms with E-state index < -0.39 is 5.38 Å². The van der Waals surface area contributed by atoms with Crippen LogP contribution in [-0.2, 0) is 4.79 Å². The van der Waals surface area contributed by atoms with Crippen LogP contribution >= 0.6 is 11.6 Å². The van der Waals surface area contributed by atoms with Gasteiger partial charge in [0.2, 0.25) is 5.91 Å². The molecule has 0 saturated carbocycles. The van der Waals surface area contributed by atoms with Gasteiger partial charge in [-0.1, -0.05) is 0 Å². The SMILES string of the molecule is CC(CC#N)NC(=O)C(C)Cl. The number of carbonyl (C=O) groups is 1. The third-order valence-corrected chi connectivity index (χ3v) is 1.35. The molecular weight excluding hydrogens is 164 g/mol. The lowest BCUT2D eigenvalue weighted by atomic mass is 10.2. The molecule has 4 heteroatoms. The monoisotopic (exact) mass is 174 g/mol. The second-order valence-corrected chi connectivity index (χ2v) is 3.04. The molecule has 0 aliphatic heterocycles. The molecule has 0 saturated heterocycles. The Hall–Kier alpha value is -0.750. The van der Waals surface area contributed by atoms with Crippen LogP contribution in [0.2, 0.25) is 0 Å². The summed E-state index contributed by atoms with van der Waals surface area (Å²) in [6, 6.07) is 1.84.